The average Bonchev–Trinajstić information content (AvgIpc) is 3.50. The summed E-state index contributed by atoms with van der Waals surface area (Å²) in [5.41, 5.74) is 3.88. The van der Waals surface area contributed by atoms with Gasteiger partial charge in [0.25, 0.3) is 5.91 Å². The van der Waals surface area contributed by atoms with E-state index in [0.717, 1.165) is 42.3 Å². The first-order chi connectivity index (χ1) is 16.0. The monoisotopic (exact) mass is 445 g/mol. The van der Waals surface area contributed by atoms with Crippen LogP contribution in [0.25, 0.3) is 5.69 Å². The number of hydrogen-bond donors (Lipinski definition) is 2. The molecule has 1 fully saturated rings. The Hall–Kier alpha value is -3.61. The van der Waals surface area contributed by atoms with Crippen LogP contribution in [-0.4, -0.2) is 40.7 Å². The number of anilines is 2. The highest BCUT2D eigenvalue weighted by Gasteiger charge is 2.23. The third-order valence-electron chi connectivity index (χ3n) is 5.90. The zero-order chi connectivity index (χ0) is 23.2. The Morgan fingerprint density at radius 2 is 1.73 bits per heavy atom. The van der Waals surface area contributed by atoms with E-state index in [1.807, 2.05) is 62.4 Å². The van der Waals surface area contributed by atoms with Gasteiger partial charge < -0.3 is 15.5 Å². The molecule has 1 unspecified atom stereocenters. The molecule has 0 bridgehead atoms. The van der Waals surface area contributed by atoms with Crippen molar-refractivity contribution in [3.05, 3.63) is 72.1 Å². The normalized spacial score (nSPS) is 14.2. The number of para-hydroxylation sites is 1. The lowest BCUT2D eigenvalue weighted by Gasteiger charge is -2.20. The number of rotatable bonds is 8. The fraction of sp³-hybridized carbons (Fsp3) is 0.346. The van der Waals surface area contributed by atoms with Crippen molar-refractivity contribution < 1.29 is 9.59 Å². The van der Waals surface area contributed by atoms with Gasteiger partial charge in [0.05, 0.1) is 5.69 Å². The second-order valence-electron chi connectivity index (χ2n) is 8.47. The van der Waals surface area contributed by atoms with Crippen molar-refractivity contribution in [3.8, 4) is 5.69 Å². The minimum Gasteiger partial charge on any atom is -0.371 e. The first-order valence-corrected chi connectivity index (χ1v) is 11.6. The fourth-order valence-electron chi connectivity index (χ4n) is 4.19. The maximum Gasteiger partial charge on any atom is 0.272 e. The molecule has 2 aromatic carbocycles. The van der Waals surface area contributed by atoms with Gasteiger partial charge in [-0.1, -0.05) is 37.6 Å². The summed E-state index contributed by atoms with van der Waals surface area (Å²) in [6.07, 6.45) is 3.70. The van der Waals surface area contributed by atoms with Crippen LogP contribution in [0.5, 0.6) is 0 Å². The summed E-state index contributed by atoms with van der Waals surface area (Å²) in [6.45, 7) is 5.98. The Balaban J connectivity index is 1.45. The summed E-state index contributed by atoms with van der Waals surface area (Å²) in [7, 11) is 0. The lowest BCUT2D eigenvalue weighted by molar-refractivity contribution is -0.118. The Morgan fingerprint density at radius 1 is 1.00 bits per heavy atom. The molecular formula is C26H31N5O2. The Bertz CT molecular complexity index is 1100. The first kappa shape index (κ1) is 22.6. The average molecular weight is 446 g/mol. The van der Waals surface area contributed by atoms with Crippen LogP contribution in [0.4, 0.5) is 11.4 Å². The fourth-order valence-corrected chi connectivity index (χ4v) is 4.19. The maximum absolute atomic E-state index is 13.0. The molecule has 1 atom stereocenters. The minimum absolute atomic E-state index is 0.219. The zero-order valence-corrected chi connectivity index (χ0v) is 19.3. The summed E-state index contributed by atoms with van der Waals surface area (Å²) in [5, 5.41) is 10.3. The number of nitrogens with one attached hydrogen (secondary N) is 2. The van der Waals surface area contributed by atoms with Gasteiger partial charge in [0, 0.05) is 30.2 Å². The molecule has 2 N–H and O–H groups in total. The molecule has 2 heterocycles. The summed E-state index contributed by atoms with van der Waals surface area (Å²) >= 11 is 0. The van der Waals surface area contributed by atoms with Crippen molar-refractivity contribution in [2.45, 2.75) is 45.6 Å². The van der Waals surface area contributed by atoms with E-state index in [4.69, 9.17) is 0 Å². The first-order valence-electron chi connectivity index (χ1n) is 11.6. The van der Waals surface area contributed by atoms with Gasteiger partial charge in [-0.05, 0) is 62.6 Å². The van der Waals surface area contributed by atoms with Gasteiger partial charge in [0.15, 0.2) is 5.69 Å². The van der Waals surface area contributed by atoms with E-state index in [0.29, 0.717) is 12.1 Å². The summed E-state index contributed by atoms with van der Waals surface area (Å²) < 4.78 is 1.73. The predicted octanol–water partition coefficient (Wildman–Crippen LogP) is 4.32. The molecule has 2 amide bonds. The predicted molar refractivity (Wildman–Crippen MR) is 131 cm³/mol. The van der Waals surface area contributed by atoms with Gasteiger partial charge in [0.2, 0.25) is 5.91 Å². The number of amides is 2. The van der Waals surface area contributed by atoms with Gasteiger partial charge in [0.1, 0.15) is 6.04 Å². The SMILES string of the molecule is CCCC(NC(=O)c1cc(C)n(-c2ccccc2)n1)C(=O)Nc1cccc(N2CCCC2)c1. The van der Waals surface area contributed by atoms with Crippen molar-refractivity contribution in [1.82, 2.24) is 15.1 Å². The van der Waals surface area contributed by atoms with E-state index in [1.54, 1.807) is 10.7 Å². The number of carbonyl (C=O) groups is 2. The van der Waals surface area contributed by atoms with Crippen molar-refractivity contribution in [2.24, 2.45) is 0 Å². The minimum atomic E-state index is -0.639. The van der Waals surface area contributed by atoms with Crippen LogP contribution in [-0.2, 0) is 4.79 Å². The maximum atomic E-state index is 13.0. The van der Waals surface area contributed by atoms with Crippen LogP contribution in [0.2, 0.25) is 0 Å². The lowest BCUT2D eigenvalue weighted by Crippen LogP contribution is -2.43. The highest BCUT2D eigenvalue weighted by molar-refractivity contribution is 6.00. The van der Waals surface area contributed by atoms with Crippen LogP contribution in [0.3, 0.4) is 0 Å². The quantitative estimate of drug-likeness (QED) is 0.541. The van der Waals surface area contributed by atoms with Gasteiger partial charge in [-0.25, -0.2) is 4.68 Å². The molecular weight excluding hydrogens is 414 g/mol. The van der Waals surface area contributed by atoms with Gasteiger partial charge in [-0.2, -0.15) is 5.10 Å². The second kappa shape index (κ2) is 10.3. The zero-order valence-electron chi connectivity index (χ0n) is 19.3. The third kappa shape index (κ3) is 5.42. The molecule has 3 aromatic rings. The van der Waals surface area contributed by atoms with Crippen LogP contribution in [0.15, 0.2) is 60.7 Å². The summed E-state index contributed by atoms with van der Waals surface area (Å²) in [4.78, 5) is 28.3. The number of aryl methyl sites for hydroxylation is 1. The summed E-state index contributed by atoms with van der Waals surface area (Å²) in [6, 6.07) is 18.7. The molecule has 1 aromatic heterocycles. The van der Waals surface area contributed by atoms with Gasteiger partial charge in [-0.15, -0.1) is 0 Å². The van der Waals surface area contributed by atoms with E-state index in [-0.39, 0.29) is 11.8 Å². The molecule has 0 aliphatic carbocycles. The number of carbonyl (C=O) groups excluding carboxylic acids is 2. The van der Waals surface area contributed by atoms with Crippen molar-refractivity contribution in [2.75, 3.05) is 23.3 Å². The molecule has 1 aliphatic heterocycles. The number of hydrogen-bond acceptors (Lipinski definition) is 4. The molecule has 1 aliphatic rings. The number of benzene rings is 2. The molecule has 7 nitrogen and oxygen atoms in total. The topological polar surface area (TPSA) is 79.3 Å². The lowest BCUT2D eigenvalue weighted by atomic mass is 10.1. The van der Waals surface area contributed by atoms with Crippen LogP contribution in [0.1, 0.15) is 48.8 Å². The smallest absolute Gasteiger partial charge is 0.272 e. The molecule has 33 heavy (non-hydrogen) atoms. The second-order valence-corrected chi connectivity index (χ2v) is 8.47. The molecule has 1 saturated heterocycles. The molecule has 0 radical (unpaired) electrons. The number of nitrogens with zero attached hydrogens (tertiary/aromatic N) is 3. The van der Waals surface area contributed by atoms with E-state index in [2.05, 4.69) is 26.7 Å². The standard InChI is InChI=1S/C26H31N5O2/c1-3-10-23(25(32)27-20-11-9-14-22(18-20)30-15-7-8-16-30)28-26(33)24-17-19(2)31(29-24)21-12-5-4-6-13-21/h4-6,9,11-14,17-18,23H,3,7-8,10,15-16H2,1-2H3,(H,27,32)(H,28,33). The largest absolute Gasteiger partial charge is 0.371 e. The molecule has 4 rings (SSSR count). The molecule has 0 saturated carbocycles. The van der Waals surface area contributed by atoms with Crippen LogP contribution < -0.4 is 15.5 Å². The van der Waals surface area contributed by atoms with Crippen molar-refractivity contribution in [3.63, 3.8) is 0 Å². The highest BCUT2D eigenvalue weighted by Crippen LogP contribution is 2.23. The van der Waals surface area contributed by atoms with Gasteiger partial charge in [-0.3, -0.25) is 9.59 Å². The summed E-state index contributed by atoms with van der Waals surface area (Å²) in [5.74, 6) is -0.574. The van der Waals surface area contributed by atoms with Gasteiger partial charge >= 0.3 is 0 Å². The van der Waals surface area contributed by atoms with E-state index >= 15 is 0 Å². The Morgan fingerprint density at radius 3 is 2.45 bits per heavy atom. The van der Waals surface area contributed by atoms with Crippen molar-refractivity contribution >= 4 is 23.2 Å². The van der Waals surface area contributed by atoms with Crippen LogP contribution >= 0.6 is 0 Å². The number of aromatic nitrogens is 2. The molecule has 7 heteroatoms. The highest BCUT2D eigenvalue weighted by atomic mass is 16.2. The van der Waals surface area contributed by atoms with E-state index < -0.39 is 6.04 Å². The third-order valence-corrected chi connectivity index (χ3v) is 5.90. The Kier molecular flexibility index (Phi) is 7.07. The molecule has 0 spiro atoms. The Labute approximate surface area is 194 Å². The van der Waals surface area contributed by atoms with E-state index in [1.165, 1.54) is 12.8 Å². The van der Waals surface area contributed by atoms with Crippen LogP contribution in [0, 0.1) is 6.92 Å². The molecule has 172 valence electrons. The van der Waals surface area contributed by atoms with Crippen molar-refractivity contribution in [1.29, 1.82) is 0 Å². The van der Waals surface area contributed by atoms with E-state index in [9.17, 15) is 9.59 Å².